The molecule has 3 heterocycles. The molecule has 0 N–H and O–H groups in total. The van der Waals surface area contributed by atoms with Gasteiger partial charge in [0.15, 0.2) is 0 Å². The van der Waals surface area contributed by atoms with Crippen LogP contribution in [0.1, 0.15) is 23.2 Å². The second-order valence-electron chi connectivity index (χ2n) is 6.97. The van der Waals surface area contributed by atoms with Crippen LogP contribution in [0, 0.1) is 5.92 Å². The lowest BCUT2D eigenvalue weighted by Crippen LogP contribution is -2.46. The summed E-state index contributed by atoms with van der Waals surface area (Å²) >= 11 is 0. The molecule has 0 saturated carbocycles. The maximum atomic E-state index is 12.9. The van der Waals surface area contributed by atoms with Gasteiger partial charge in [0.2, 0.25) is 0 Å². The number of nitrogens with zero attached hydrogens (tertiary/aromatic N) is 4. The zero-order valence-corrected chi connectivity index (χ0v) is 14.8. The molecule has 6 heteroatoms. The topological polar surface area (TPSA) is 48.9 Å². The van der Waals surface area contributed by atoms with Crippen LogP contribution < -0.4 is 4.90 Å². The Kier molecular flexibility index (Phi) is 5.68. The first-order valence-corrected chi connectivity index (χ1v) is 8.86. The summed E-state index contributed by atoms with van der Waals surface area (Å²) in [6, 6.07) is 3.70. The molecule has 2 aliphatic heterocycles. The van der Waals surface area contributed by atoms with Crippen LogP contribution in [0.15, 0.2) is 18.3 Å². The molecule has 1 unspecified atom stereocenters. The van der Waals surface area contributed by atoms with E-state index in [0.717, 1.165) is 63.7 Å². The smallest absolute Gasteiger partial charge is 0.254 e. The van der Waals surface area contributed by atoms with Crippen LogP contribution in [0.25, 0.3) is 0 Å². The van der Waals surface area contributed by atoms with Gasteiger partial charge in [-0.3, -0.25) is 9.69 Å². The number of hydrogen-bond donors (Lipinski definition) is 0. The lowest BCUT2D eigenvalue weighted by Gasteiger charge is -2.36. The number of piperidine rings is 1. The Morgan fingerprint density at radius 3 is 2.88 bits per heavy atom. The average Bonchev–Trinajstić information content (AvgIpc) is 2.62. The number of hydrogen-bond acceptors (Lipinski definition) is 5. The summed E-state index contributed by atoms with van der Waals surface area (Å²) in [6.07, 6.45) is 4.02. The molecule has 0 bridgehead atoms. The zero-order valence-electron chi connectivity index (χ0n) is 14.8. The van der Waals surface area contributed by atoms with Crippen molar-refractivity contribution in [1.82, 2.24) is 14.8 Å². The highest BCUT2D eigenvalue weighted by molar-refractivity contribution is 5.94. The van der Waals surface area contributed by atoms with Crippen LogP contribution in [0.5, 0.6) is 0 Å². The summed E-state index contributed by atoms with van der Waals surface area (Å²) in [5.41, 5.74) is 0.737. The van der Waals surface area contributed by atoms with Gasteiger partial charge < -0.3 is 14.5 Å². The predicted molar refractivity (Wildman–Crippen MR) is 94.5 cm³/mol. The van der Waals surface area contributed by atoms with E-state index in [9.17, 15) is 4.79 Å². The fourth-order valence-corrected chi connectivity index (χ4v) is 3.53. The van der Waals surface area contributed by atoms with Gasteiger partial charge in [-0.15, -0.1) is 0 Å². The molecule has 132 valence electrons. The van der Waals surface area contributed by atoms with Crippen LogP contribution in [0.3, 0.4) is 0 Å². The first-order valence-electron chi connectivity index (χ1n) is 8.86. The lowest BCUT2D eigenvalue weighted by atomic mass is 9.96. The van der Waals surface area contributed by atoms with E-state index in [0.29, 0.717) is 5.92 Å². The van der Waals surface area contributed by atoms with Gasteiger partial charge in [-0.25, -0.2) is 4.98 Å². The molecule has 1 aromatic rings. The molecule has 0 spiro atoms. The summed E-state index contributed by atoms with van der Waals surface area (Å²) in [7, 11) is 3.88. The van der Waals surface area contributed by atoms with E-state index in [1.807, 2.05) is 36.0 Å². The van der Waals surface area contributed by atoms with E-state index >= 15 is 0 Å². The number of aromatic nitrogens is 1. The Balaban J connectivity index is 1.61. The Morgan fingerprint density at radius 1 is 1.33 bits per heavy atom. The minimum atomic E-state index is 0.132. The molecule has 1 amide bonds. The van der Waals surface area contributed by atoms with Crippen LogP contribution in [0.4, 0.5) is 5.82 Å². The summed E-state index contributed by atoms with van der Waals surface area (Å²) in [4.78, 5) is 23.6. The monoisotopic (exact) mass is 332 g/mol. The van der Waals surface area contributed by atoms with Gasteiger partial charge in [0.25, 0.3) is 5.91 Å². The van der Waals surface area contributed by atoms with Gasteiger partial charge in [-0.1, -0.05) is 0 Å². The van der Waals surface area contributed by atoms with E-state index in [2.05, 4.69) is 9.88 Å². The summed E-state index contributed by atoms with van der Waals surface area (Å²) in [5, 5.41) is 0. The van der Waals surface area contributed by atoms with Crippen LogP contribution in [-0.2, 0) is 4.74 Å². The van der Waals surface area contributed by atoms with Crippen molar-refractivity contribution in [3.63, 3.8) is 0 Å². The molecular weight excluding hydrogens is 304 g/mol. The fourth-order valence-electron chi connectivity index (χ4n) is 3.53. The summed E-state index contributed by atoms with van der Waals surface area (Å²) in [5.74, 6) is 1.52. The molecule has 1 atom stereocenters. The van der Waals surface area contributed by atoms with Crippen LogP contribution in [0.2, 0.25) is 0 Å². The summed E-state index contributed by atoms with van der Waals surface area (Å²) < 4.78 is 5.42. The van der Waals surface area contributed by atoms with Crippen molar-refractivity contribution in [3.8, 4) is 0 Å². The SMILES string of the molecule is CN(C)c1cc(C(=O)N2CCCC(CN3CCOCC3)C2)ccn1. The molecule has 0 radical (unpaired) electrons. The molecule has 2 saturated heterocycles. The van der Waals surface area contributed by atoms with Gasteiger partial charge in [0.05, 0.1) is 13.2 Å². The van der Waals surface area contributed by atoms with E-state index in [4.69, 9.17) is 4.74 Å². The van der Waals surface area contributed by atoms with Gasteiger partial charge in [-0.05, 0) is 30.9 Å². The third-order valence-corrected chi connectivity index (χ3v) is 4.88. The minimum Gasteiger partial charge on any atom is -0.379 e. The largest absolute Gasteiger partial charge is 0.379 e. The third kappa shape index (κ3) is 4.24. The van der Waals surface area contributed by atoms with Gasteiger partial charge >= 0.3 is 0 Å². The maximum Gasteiger partial charge on any atom is 0.254 e. The number of carbonyl (C=O) groups is 1. The van der Waals surface area contributed by atoms with Crippen LogP contribution >= 0.6 is 0 Å². The van der Waals surface area contributed by atoms with Crippen molar-refractivity contribution in [1.29, 1.82) is 0 Å². The molecule has 1 aromatic heterocycles. The molecule has 6 nitrogen and oxygen atoms in total. The van der Waals surface area contributed by atoms with E-state index < -0.39 is 0 Å². The fraction of sp³-hybridized carbons (Fsp3) is 0.667. The summed E-state index contributed by atoms with van der Waals surface area (Å²) in [6.45, 7) is 6.49. The second kappa shape index (κ2) is 7.94. The number of pyridine rings is 1. The molecular formula is C18H28N4O2. The number of morpholine rings is 1. The highest BCUT2D eigenvalue weighted by atomic mass is 16.5. The van der Waals surface area contributed by atoms with E-state index in [-0.39, 0.29) is 5.91 Å². The number of rotatable bonds is 4. The van der Waals surface area contributed by atoms with Crippen molar-refractivity contribution in [2.24, 2.45) is 5.92 Å². The maximum absolute atomic E-state index is 12.9. The molecule has 24 heavy (non-hydrogen) atoms. The molecule has 0 aromatic carbocycles. The normalized spacial score (nSPS) is 22.4. The van der Waals surface area contributed by atoms with Gasteiger partial charge in [0, 0.05) is 58.6 Å². The first-order chi connectivity index (χ1) is 11.6. The highest BCUT2D eigenvalue weighted by Gasteiger charge is 2.26. The van der Waals surface area contributed by atoms with Crippen molar-refractivity contribution in [2.45, 2.75) is 12.8 Å². The predicted octanol–water partition coefficient (Wildman–Crippen LogP) is 1.33. The van der Waals surface area contributed by atoms with E-state index in [1.54, 1.807) is 6.20 Å². The number of ether oxygens (including phenoxy) is 1. The Labute approximate surface area is 144 Å². The Morgan fingerprint density at radius 2 is 2.12 bits per heavy atom. The van der Waals surface area contributed by atoms with Gasteiger partial charge in [-0.2, -0.15) is 0 Å². The number of anilines is 1. The zero-order chi connectivity index (χ0) is 16.9. The van der Waals surface area contributed by atoms with Crippen molar-refractivity contribution >= 4 is 11.7 Å². The Hall–Kier alpha value is -1.66. The lowest BCUT2D eigenvalue weighted by molar-refractivity contribution is 0.0224. The second-order valence-corrected chi connectivity index (χ2v) is 6.97. The van der Waals surface area contributed by atoms with Crippen molar-refractivity contribution in [2.75, 3.05) is 64.9 Å². The van der Waals surface area contributed by atoms with Crippen LogP contribution in [-0.4, -0.2) is 80.7 Å². The van der Waals surface area contributed by atoms with Crippen molar-refractivity contribution in [3.05, 3.63) is 23.9 Å². The molecule has 0 aliphatic carbocycles. The number of likely N-dealkylation sites (tertiary alicyclic amines) is 1. The number of amides is 1. The first kappa shape index (κ1) is 17.2. The molecule has 2 aliphatic rings. The Bertz CT molecular complexity index is 558. The third-order valence-electron chi connectivity index (χ3n) is 4.88. The minimum absolute atomic E-state index is 0.132. The highest BCUT2D eigenvalue weighted by Crippen LogP contribution is 2.21. The quantitative estimate of drug-likeness (QED) is 0.833. The van der Waals surface area contributed by atoms with E-state index in [1.165, 1.54) is 6.42 Å². The number of carbonyl (C=O) groups excluding carboxylic acids is 1. The average molecular weight is 332 g/mol. The molecule has 3 rings (SSSR count). The van der Waals surface area contributed by atoms with Crippen molar-refractivity contribution < 1.29 is 9.53 Å². The molecule has 2 fully saturated rings. The standard InChI is InChI=1S/C18H28N4O2/c1-20(2)17-12-16(5-6-19-17)18(23)22-7-3-4-15(14-22)13-21-8-10-24-11-9-21/h5-6,12,15H,3-4,7-11,13-14H2,1-2H3. The van der Waals surface area contributed by atoms with Gasteiger partial charge in [0.1, 0.15) is 5.82 Å².